The van der Waals surface area contributed by atoms with Crippen molar-refractivity contribution in [1.82, 2.24) is 20.2 Å². The number of furan rings is 1. The van der Waals surface area contributed by atoms with E-state index in [4.69, 9.17) is 28.2 Å². The van der Waals surface area contributed by atoms with Gasteiger partial charge >= 0.3 is 0 Å². The summed E-state index contributed by atoms with van der Waals surface area (Å²) in [7, 11) is 0. The third-order valence-electron chi connectivity index (χ3n) is 5.65. The Hall–Kier alpha value is -3.22. The number of nitrogens with one attached hydrogen (secondary N) is 1. The van der Waals surface area contributed by atoms with Crippen LogP contribution in [0.25, 0.3) is 11.3 Å². The largest absolute Gasteiger partial charge is 0.459 e. The smallest absolute Gasteiger partial charge is 0.170 e. The Morgan fingerprint density at radius 1 is 1.09 bits per heavy atom. The van der Waals surface area contributed by atoms with Crippen LogP contribution in [0.2, 0.25) is 5.02 Å². The highest BCUT2D eigenvalue weighted by Crippen LogP contribution is 2.41. The van der Waals surface area contributed by atoms with Crippen molar-refractivity contribution in [3.05, 3.63) is 107 Å². The van der Waals surface area contributed by atoms with Crippen LogP contribution in [-0.4, -0.2) is 20.0 Å². The maximum atomic E-state index is 6.37. The van der Waals surface area contributed by atoms with Crippen LogP contribution in [0.5, 0.6) is 0 Å². The van der Waals surface area contributed by atoms with Gasteiger partial charge in [0.15, 0.2) is 5.11 Å². The van der Waals surface area contributed by atoms with E-state index in [-0.39, 0.29) is 12.1 Å². The molecule has 1 saturated heterocycles. The van der Waals surface area contributed by atoms with Gasteiger partial charge in [0.05, 0.1) is 11.7 Å². The topological polar surface area (TPSA) is 54.2 Å². The first-order valence-electron chi connectivity index (χ1n) is 10.3. The number of benzene rings is 1. The predicted molar refractivity (Wildman–Crippen MR) is 129 cm³/mol. The van der Waals surface area contributed by atoms with E-state index in [1.807, 2.05) is 73.8 Å². The van der Waals surface area contributed by atoms with Crippen molar-refractivity contribution in [2.75, 3.05) is 0 Å². The molecule has 0 unspecified atom stereocenters. The molecule has 1 aromatic carbocycles. The minimum absolute atomic E-state index is 0.138. The number of aryl methyl sites for hydroxylation is 1. The summed E-state index contributed by atoms with van der Waals surface area (Å²) in [4.78, 5) is 11.0. The summed E-state index contributed by atoms with van der Waals surface area (Å²) in [6, 6.07) is 19.5. The first-order chi connectivity index (χ1) is 15.6. The van der Waals surface area contributed by atoms with Crippen LogP contribution >= 0.6 is 23.8 Å². The number of aromatic nitrogens is 2. The van der Waals surface area contributed by atoms with Gasteiger partial charge in [-0.3, -0.25) is 9.97 Å². The van der Waals surface area contributed by atoms with Crippen LogP contribution in [0.3, 0.4) is 0 Å². The molecule has 5 rings (SSSR count). The fourth-order valence-electron chi connectivity index (χ4n) is 3.99. The fourth-order valence-corrected chi connectivity index (χ4v) is 4.47. The maximum absolute atomic E-state index is 6.37. The Morgan fingerprint density at radius 2 is 2.00 bits per heavy atom. The SMILES string of the molecule is Cc1ccc(-c2ccc([C@H]3[C@H](c4ccccn4)NC(=S)N3Cc3cccnc3)o2)cc1Cl. The van der Waals surface area contributed by atoms with Crippen LogP contribution < -0.4 is 5.32 Å². The number of pyridine rings is 2. The summed E-state index contributed by atoms with van der Waals surface area (Å²) >= 11 is 12.1. The quantitative estimate of drug-likeness (QED) is 0.376. The van der Waals surface area contributed by atoms with E-state index >= 15 is 0 Å². The molecule has 0 radical (unpaired) electrons. The van der Waals surface area contributed by atoms with Gasteiger partial charge in [-0.2, -0.15) is 0 Å². The number of halogens is 1. The number of thiocarbonyl (C=S) groups is 1. The van der Waals surface area contributed by atoms with Gasteiger partial charge < -0.3 is 14.6 Å². The van der Waals surface area contributed by atoms with Gasteiger partial charge in [0, 0.05) is 35.7 Å². The number of nitrogens with zero attached hydrogens (tertiary/aromatic N) is 3. The molecule has 0 bridgehead atoms. The van der Waals surface area contributed by atoms with E-state index in [0.717, 1.165) is 33.9 Å². The molecular formula is C25H21ClN4OS. The fraction of sp³-hybridized carbons (Fsp3) is 0.160. The summed E-state index contributed by atoms with van der Waals surface area (Å²) in [5, 5.41) is 4.82. The summed E-state index contributed by atoms with van der Waals surface area (Å²) < 4.78 is 6.37. The molecule has 0 spiro atoms. The van der Waals surface area contributed by atoms with Crippen molar-refractivity contribution >= 4 is 28.9 Å². The maximum Gasteiger partial charge on any atom is 0.170 e. The molecular weight excluding hydrogens is 440 g/mol. The Bertz CT molecular complexity index is 1250. The van der Waals surface area contributed by atoms with Crippen LogP contribution in [-0.2, 0) is 6.54 Å². The van der Waals surface area contributed by atoms with Crippen molar-refractivity contribution in [2.45, 2.75) is 25.6 Å². The van der Waals surface area contributed by atoms with Gasteiger partial charge in [-0.05, 0) is 66.7 Å². The van der Waals surface area contributed by atoms with E-state index in [2.05, 4.69) is 20.2 Å². The van der Waals surface area contributed by atoms with Gasteiger partial charge in [0.1, 0.15) is 17.6 Å². The highest BCUT2D eigenvalue weighted by atomic mass is 35.5. The molecule has 32 heavy (non-hydrogen) atoms. The minimum Gasteiger partial charge on any atom is -0.459 e. The lowest BCUT2D eigenvalue weighted by atomic mass is 10.0. The van der Waals surface area contributed by atoms with E-state index in [9.17, 15) is 0 Å². The summed E-state index contributed by atoms with van der Waals surface area (Å²) in [6.45, 7) is 2.60. The zero-order chi connectivity index (χ0) is 22.1. The van der Waals surface area contributed by atoms with Crippen molar-refractivity contribution in [3.63, 3.8) is 0 Å². The molecule has 160 valence electrons. The number of hydrogen-bond acceptors (Lipinski definition) is 4. The second kappa shape index (κ2) is 8.73. The molecule has 1 aliphatic heterocycles. The average molecular weight is 461 g/mol. The lowest BCUT2D eigenvalue weighted by Crippen LogP contribution is -2.29. The van der Waals surface area contributed by atoms with Crippen molar-refractivity contribution in [2.24, 2.45) is 0 Å². The lowest BCUT2D eigenvalue weighted by molar-refractivity contribution is 0.269. The summed E-state index contributed by atoms with van der Waals surface area (Å²) in [6.07, 6.45) is 5.42. The van der Waals surface area contributed by atoms with Crippen molar-refractivity contribution in [1.29, 1.82) is 0 Å². The predicted octanol–water partition coefficient (Wildman–Crippen LogP) is 5.87. The van der Waals surface area contributed by atoms with E-state index < -0.39 is 0 Å². The molecule has 5 nitrogen and oxygen atoms in total. The normalized spacial score (nSPS) is 18.1. The van der Waals surface area contributed by atoms with E-state index in [1.54, 1.807) is 12.4 Å². The zero-order valence-electron chi connectivity index (χ0n) is 17.4. The van der Waals surface area contributed by atoms with Crippen LogP contribution in [0.4, 0.5) is 0 Å². The van der Waals surface area contributed by atoms with Crippen LogP contribution in [0, 0.1) is 6.92 Å². The van der Waals surface area contributed by atoms with Crippen LogP contribution in [0.15, 0.2) is 83.7 Å². The number of rotatable bonds is 5. The van der Waals surface area contributed by atoms with E-state index in [0.29, 0.717) is 16.7 Å². The minimum atomic E-state index is -0.160. The second-order valence-corrected chi connectivity index (χ2v) is 8.58. The van der Waals surface area contributed by atoms with E-state index in [1.165, 1.54) is 0 Å². The summed E-state index contributed by atoms with van der Waals surface area (Å²) in [5.74, 6) is 1.57. The molecule has 4 aromatic rings. The Kier molecular flexibility index (Phi) is 5.64. The molecule has 3 aromatic heterocycles. The molecule has 0 amide bonds. The first-order valence-corrected chi connectivity index (χ1v) is 11.1. The average Bonchev–Trinajstić information content (AvgIpc) is 3.42. The van der Waals surface area contributed by atoms with Crippen LogP contribution in [0.1, 0.15) is 34.7 Å². The lowest BCUT2D eigenvalue weighted by Gasteiger charge is -2.26. The molecule has 1 aliphatic rings. The molecule has 1 N–H and O–H groups in total. The molecule has 0 saturated carbocycles. The Balaban J connectivity index is 1.54. The third-order valence-corrected chi connectivity index (χ3v) is 6.41. The van der Waals surface area contributed by atoms with Crippen molar-refractivity contribution in [3.8, 4) is 11.3 Å². The highest BCUT2D eigenvalue weighted by molar-refractivity contribution is 7.80. The molecule has 7 heteroatoms. The van der Waals surface area contributed by atoms with Gasteiger partial charge in [-0.25, -0.2) is 0 Å². The number of hydrogen-bond donors (Lipinski definition) is 1. The first kappa shape index (κ1) is 20.7. The van der Waals surface area contributed by atoms with Gasteiger partial charge in [0.25, 0.3) is 0 Å². The molecule has 0 aliphatic carbocycles. The monoisotopic (exact) mass is 460 g/mol. The van der Waals surface area contributed by atoms with Gasteiger partial charge in [0.2, 0.25) is 0 Å². The highest BCUT2D eigenvalue weighted by Gasteiger charge is 2.41. The Morgan fingerprint density at radius 3 is 2.75 bits per heavy atom. The van der Waals surface area contributed by atoms with Gasteiger partial charge in [-0.15, -0.1) is 0 Å². The van der Waals surface area contributed by atoms with Crippen molar-refractivity contribution < 1.29 is 4.42 Å². The molecule has 1 fully saturated rings. The molecule has 4 heterocycles. The second-order valence-electron chi connectivity index (χ2n) is 7.78. The van der Waals surface area contributed by atoms with Gasteiger partial charge in [-0.1, -0.05) is 35.9 Å². The Labute approximate surface area is 197 Å². The molecule has 2 atom stereocenters. The standard InChI is InChI=1S/C25H21ClN4OS/c1-16-7-8-18(13-19(16)26)21-9-10-22(31-21)24-23(20-6-2-3-12-28-20)29-25(32)30(24)15-17-5-4-11-27-14-17/h2-14,23-24H,15H2,1H3,(H,29,32)/t23-,24-/m0/s1. The third kappa shape index (κ3) is 3.99. The summed E-state index contributed by atoms with van der Waals surface area (Å²) in [5.41, 5.74) is 3.95. The zero-order valence-corrected chi connectivity index (χ0v) is 19.0.